The molecule has 0 aliphatic carbocycles. The molecule has 0 unspecified atom stereocenters. The summed E-state index contributed by atoms with van der Waals surface area (Å²) in [6, 6.07) is 8.01. The number of benzene rings is 1. The van der Waals surface area contributed by atoms with Gasteiger partial charge in [0.05, 0.1) is 7.11 Å². The van der Waals surface area contributed by atoms with E-state index in [1.807, 2.05) is 36.4 Å². The SMILES string of the molecule is C=Cc1ccccc1C=C(OC)O[Si](C)(C)C. The normalized spacial score (nSPS) is 12.1. The van der Waals surface area contributed by atoms with Crippen LogP contribution in [-0.2, 0) is 9.16 Å². The summed E-state index contributed by atoms with van der Waals surface area (Å²) in [5.41, 5.74) is 2.12. The van der Waals surface area contributed by atoms with Gasteiger partial charge in [0.15, 0.2) is 0 Å². The molecule has 17 heavy (non-hydrogen) atoms. The third-order valence-corrected chi connectivity index (χ3v) is 2.91. The summed E-state index contributed by atoms with van der Waals surface area (Å²) in [4.78, 5) is 0. The van der Waals surface area contributed by atoms with E-state index >= 15 is 0 Å². The predicted molar refractivity (Wildman–Crippen MR) is 76.0 cm³/mol. The average molecular weight is 248 g/mol. The molecule has 0 spiro atoms. The van der Waals surface area contributed by atoms with E-state index in [0.29, 0.717) is 5.95 Å². The topological polar surface area (TPSA) is 18.5 Å². The molecule has 2 nitrogen and oxygen atoms in total. The Bertz CT molecular complexity index is 416. The molecule has 0 radical (unpaired) electrons. The Hall–Kier alpha value is -1.48. The standard InChI is InChI=1S/C14H20O2Si/c1-6-12-9-7-8-10-13(12)11-14(15-2)16-17(3,4)5/h6-11H,1H2,2-5H3. The van der Waals surface area contributed by atoms with Gasteiger partial charge in [0.1, 0.15) is 0 Å². The van der Waals surface area contributed by atoms with E-state index in [4.69, 9.17) is 9.16 Å². The van der Waals surface area contributed by atoms with Crippen LogP contribution in [0.15, 0.2) is 36.8 Å². The summed E-state index contributed by atoms with van der Waals surface area (Å²) < 4.78 is 11.1. The molecule has 0 bridgehead atoms. The molecule has 0 N–H and O–H groups in total. The number of rotatable bonds is 5. The Balaban J connectivity index is 3.02. The number of hydrogen-bond donors (Lipinski definition) is 0. The highest BCUT2D eigenvalue weighted by Gasteiger charge is 2.18. The first-order chi connectivity index (χ1) is 7.96. The van der Waals surface area contributed by atoms with Gasteiger partial charge < -0.3 is 9.16 Å². The molecule has 1 rings (SSSR count). The second kappa shape index (κ2) is 5.73. The minimum Gasteiger partial charge on any atom is -0.520 e. The van der Waals surface area contributed by atoms with Crippen molar-refractivity contribution in [3.63, 3.8) is 0 Å². The van der Waals surface area contributed by atoms with E-state index in [0.717, 1.165) is 11.1 Å². The Morgan fingerprint density at radius 2 is 1.76 bits per heavy atom. The lowest BCUT2D eigenvalue weighted by Crippen LogP contribution is -2.25. The highest BCUT2D eigenvalue weighted by molar-refractivity contribution is 6.70. The molecular weight excluding hydrogens is 228 g/mol. The van der Waals surface area contributed by atoms with Crippen LogP contribution in [0.25, 0.3) is 12.2 Å². The lowest BCUT2D eigenvalue weighted by Gasteiger charge is -2.20. The van der Waals surface area contributed by atoms with E-state index in [2.05, 4.69) is 26.2 Å². The zero-order valence-corrected chi connectivity index (χ0v) is 12.0. The molecule has 0 heterocycles. The van der Waals surface area contributed by atoms with Gasteiger partial charge in [0.25, 0.3) is 5.95 Å². The van der Waals surface area contributed by atoms with Crippen LogP contribution in [0.3, 0.4) is 0 Å². The summed E-state index contributed by atoms with van der Waals surface area (Å²) in [5, 5.41) is 0. The monoisotopic (exact) mass is 248 g/mol. The quantitative estimate of drug-likeness (QED) is 0.576. The first-order valence-electron chi connectivity index (χ1n) is 5.62. The number of hydrogen-bond acceptors (Lipinski definition) is 2. The molecule has 0 aliphatic heterocycles. The second-order valence-electron chi connectivity index (χ2n) is 4.71. The average Bonchev–Trinajstić information content (AvgIpc) is 2.27. The van der Waals surface area contributed by atoms with Crippen molar-refractivity contribution in [3.05, 3.63) is 47.9 Å². The molecular formula is C14H20O2Si. The number of methoxy groups -OCH3 is 1. The zero-order chi connectivity index (χ0) is 12.9. The minimum atomic E-state index is -1.64. The summed E-state index contributed by atoms with van der Waals surface area (Å²) in [6.45, 7) is 10.2. The van der Waals surface area contributed by atoms with E-state index < -0.39 is 8.32 Å². The Morgan fingerprint density at radius 3 is 2.24 bits per heavy atom. The van der Waals surface area contributed by atoms with Gasteiger partial charge in [-0.1, -0.05) is 36.9 Å². The molecule has 0 saturated heterocycles. The molecule has 0 atom stereocenters. The van der Waals surface area contributed by atoms with Crippen LogP contribution >= 0.6 is 0 Å². The van der Waals surface area contributed by atoms with Crippen molar-refractivity contribution in [3.8, 4) is 0 Å². The van der Waals surface area contributed by atoms with Crippen LogP contribution in [0, 0.1) is 0 Å². The first kappa shape index (κ1) is 13.6. The highest BCUT2D eigenvalue weighted by Crippen LogP contribution is 2.18. The van der Waals surface area contributed by atoms with Crippen molar-refractivity contribution in [2.24, 2.45) is 0 Å². The fraction of sp³-hybridized carbons (Fsp3) is 0.286. The summed E-state index contributed by atoms with van der Waals surface area (Å²) in [6.07, 6.45) is 3.74. The minimum absolute atomic E-state index is 0.568. The van der Waals surface area contributed by atoms with Crippen molar-refractivity contribution in [1.29, 1.82) is 0 Å². The third kappa shape index (κ3) is 4.49. The lowest BCUT2D eigenvalue weighted by atomic mass is 10.1. The molecule has 0 saturated carbocycles. The lowest BCUT2D eigenvalue weighted by molar-refractivity contribution is 0.152. The molecule has 3 heteroatoms. The fourth-order valence-corrected chi connectivity index (χ4v) is 2.13. The van der Waals surface area contributed by atoms with Crippen LogP contribution in [0.2, 0.25) is 19.6 Å². The van der Waals surface area contributed by atoms with Crippen molar-refractivity contribution in [1.82, 2.24) is 0 Å². The Kier molecular flexibility index (Phi) is 4.58. The molecule has 0 aromatic heterocycles. The van der Waals surface area contributed by atoms with Crippen molar-refractivity contribution in [2.45, 2.75) is 19.6 Å². The summed E-state index contributed by atoms with van der Waals surface area (Å²) in [7, 11) is -0.0143. The van der Waals surface area contributed by atoms with Crippen LogP contribution < -0.4 is 0 Å². The molecule has 1 aromatic rings. The molecule has 0 aliphatic rings. The van der Waals surface area contributed by atoms with Crippen molar-refractivity contribution in [2.75, 3.05) is 7.11 Å². The smallest absolute Gasteiger partial charge is 0.265 e. The molecule has 0 fully saturated rings. The Morgan fingerprint density at radius 1 is 1.18 bits per heavy atom. The highest BCUT2D eigenvalue weighted by atomic mass is 28.4. The van der Waals surface area contributed by atoms with Crippen LogP contribution in [0.5, 0.6) is 0 Å². The van der Waals surface area contributed by atoms with E-state index in [1.54, 1.807) is 7.11 Å². The van der Waals surface area contributed by atoms with Crippen LogP contribution in [-0.4, -0.2) is 15.4 Å². The van der Waals surface area contributed by atoms with Gasteiger partial charge in [0, 0.05) is 6.08 Å². The molecule has 0 amide bonds. The van der Waals surface area contributed by atoms with Crippen LogP contribution in [0.4, 0.5) is 0 Å². The van der Waals surface area contributed by atoms with Crippen molar-refractivity contribution >= 4 is 20.5 Å². The van der Waals surface area contributed by atoms with Gasteiger partial charge in [0.2, 0.25) is 8.32 Å². The van der Waals surface area contributed by atoms with Gasteiger partial charge in [-0.3, -0.25) is 0 Å². The number of ether oxygens (including phenoxy) is 1. The second-order valence-corrected chi connectivity index (χ2v) is 9.14. The fourth-order valence-electron chi connectivity index (χ4n) is 1.39. The van der Waals surface area contributed by atoms with E-state index in [-0.39, 0.29) is 0 Å². The first-order valence-corrected chi connectivity index (χ1v) is 9.03. The maximum Gasteiger partial charge on any atom is 0.265 e. The predicted octanol–water partition coefficient (Wildman–Crippen LogP) is 4.13. The summed E-state index contributed by atoms with van der Waals surface area (Å²) in [5.74, 6) is 0.568. The van der Waals surface area contributed by atoms with Gasteiger partial charge >= 0.3 is 0 Å². The third-order valence-electron chi connectivity index (χ3n) is 2.10. The summed E-state index contributed by atoms with van der Waals surface area (Å²) >= 11 is 0. The largest absolute Gasteiger partial charge is 0.520 e. The Labute approximate surface area is 105 Å². The van der Waals surface area contributed by atoms with Gasteiger partial charge in [-0.15, -0.1) is 0 Å². The maximum absolute atomic E-state index is 5.83. The van der Waals surface area contributed by atoms with Gasteiger partial charge in [-0.2, -0.15) is 0 Å². The van der Waals surface area contributed by atoms with E-state index in [9.17, 15) is 0 Å². The maximum atomic E-state index is 5.83. The molecule has 92 valence electrons. The van der Waals surface area contributed by atoms with E-state index in [1.165, 1.54) is 0 Å². The van der Waals surface area contributed by atoms with Gasteiger partial charge in [-0.25, -0.2) is 0 Å². The van der Waals surface area contributed by atoms with Crippen molar-refractivity contribution < 1.29 is 9.16 Å². The zero-order valence-electron chi connectivity index (χ0n) is 11.0. The molecule has 1 aromatic carbocycles. The van der Waals surface area contributed by atoms with Gasteiger partial charge in [-0.05, 0) is 30.8 Å². The van der Waals surface area contributed by atoms with Crippen LogP contribution in [0.1, 0.15) is 11.1 Å².